The topological polar surface area (TPSA) is 12.0 Å². The molecule has 1 nitrogen and oxygen atoms in total. The molecule has 0 fully saturated rings. The van der Waals surface area contributed by atoms with E-state index in [1.165, 1.54) is 0 Å². The molecule has 0 saturated heterocycles. The molecule has 2 rings (SSSR count). The maximum absolute atomic E-state index is 6.23. The maximum Gasteiger partial charge on any atom is 0.0888 e. The van der Waals surface area contributed by atoms with Crippen molar-refractivity contribution in [1.82, 2.24) is 5.32 Å². The minimum absolute atomic E-state index is 0.0694. The minimum Gasteiger partial charge on any atom is -0.309 e. The van der Waals surface area contributed by atoms with Crippen LogP contribution in [0.15, 0.2) is 28.1 Å². The van der Waals surface area contributed by atoms with Gasteiger partial charge in [0.15, 0.2) is 0 Å². The first kappa shape index (κ1) is 14.6. The van der Waals surface area contributed by atoms with Gasteiger partial charge >= 0.3 is 0 Å². The van der Waals surface area contributed by atoms with Crippen molar-refractivity contribution in [3.8, 4) is 0 Å². The summed E-state index contributed by atoms with van der Waals surface area (Å²) in [6.45, 7) is 0. The van der Waals surface area contributed by atoms with Crippen molar-refractivity contribution in [2.45, 2.75) is 6.04 Å². The first-order chi connectivity index (χ1) is 8.54. The fraction of sp³-hybridized carbons (Fsp3) is 0.167. The Morgan fingerprint density at radius 3 is 2.22 bits per heavy atom. The van der Waals surface area contributed by atoms with Crippen LogP contribution in [0, 0.1) is 0 Å². The van der Waals surface area contributed by atoms with E-state index < -0.39 is 0 Å². The molecule has 0 bridgehead atoms. The van der Waals surface area contributed by atoms with Gasteiger partial charge in [0, 0.05) is 20.5 Å². The molecular weight excluding hydrogens is 376 g/mol. The summed E-state index contributed by atoms with van der Waals surface area (Å²) in [4.78, 5) is 1.06. The smallest absolute Gasteiger partial charge is 0.0888 e. The summed E-state index contributed by atoms with van der Waals surface area (Å²) in [7, 11) is 1.87. The van der Waals surface area contributed by atoms with Gasteiger partial charge < -0.3 is 5.32 Å². The number of halogens is 4. The summed E-state index contributed by atoms with van der Waals surface area (Å²) >= 11 is 23.5. The lowest BCUT2D eigenvalue weighted by Crippen LogP contribution is -2.17. The Morgan fingerprint density at radius 1 is 1.17 bits per heavy atom. The third-order valence-corrected chi connectivity index (χ3v) is 5.72. The Labute approximate surface area is 133 Å². The summed E-state index contributed by atoms with van der Waals surface area (Å²) in [5.74, 6) is 0. The van der Waals surface area contributed by atoms with Crippen LogP contribution in [0.25, 0.3) is 0 Å². The van der Waals surface area contributed by atoms with Crippen LogP contribution in [-0.2, 0) is 0 Å². The van der Waals surface area contributed by atoms with E-state index in [4.69, 9.17) is 34.8 Å². The van der Waals surface area contributed by atoms with Gasteiger partial charge in [-0.3, -0.25) is 0 Å². The van der Waals surface area contributed by atoms with Crippen LogP contribution in [-0.4, -0.2) is 7.05 Å². The van der Waals surface area contributed by atoms with E-state index in [0.29, 0.717) is 15.1 Å². The summed E-state index contributed by atoms with van der Waals surface area (Å²) in [6, 6.07) is 7.34. The van der Waals surface area contributed by atoms with Crippen LogP contribution < -0.4 is 5.32 Å². The van der Waals surface area contributed by atoms with Crippen LogP contribution in [0.3, 0.4) is 0 Å². The SMILES string of the molecule is CNC(c1cc(Cl)c(Br)s1)c1c(Cl)cccc1Cl. The molecule has 2 aromatic rings. The van der Waals surface area contributed by atoms with E-state index in [9.17, 15) is 0 Å². The van der Waals surface area contributed by atoms with Crippen LogP contribution in [0.2, 0.25) is 15.1 Å². The average molecular weight is 386 g/mol. The first-order valence-electron chi connectivity index (χ1n) is 5.10. The molecule has 0 saturated carbocycles. The molecule has 96 valence electrons. The monoisotopic (exact) mass is 383 g/mol. The minimum atomic E-state index is -0.0694. The second-order valence-electron chi connectivity index (χ2n) is 3.63. The van der Waals surface area contributed by atoms with E-state index in [1.807, 2.05) is 31.3 Å². The largest absolute Gasteiger partial charge is 0.309 e. The van der Waals surface area contributed by atoms with Gasteiger partial charge in [0.05, 0.1) is 14.9 Å². The molecule has 18 heavy (non-hydrogen) atoms. The summed E-state index contributed by atoms with van der Waals surface area (Å²) in [5.41, 5.74) is 0.869. The summed E-state index contributed by atoms with van der Waals surface area (Å²) in [5, 5.41) is 5.19. The van der Waals surface area contributed by atoms with Crippen molar-refractivity contribution in [3.63, 3.8) is 0 Å². The summed E-state index contributed by atoms with van der Waals surface area (Å²) < 4.78 is 0.905. The van der Waals surface area contributed by atoms with Crippen molar-refractivity contribution in [3.05, 3.63) is 53.6 Å². The Kier molecular flexibility index (Phi) is 4.98. The van der Waals surface area contributed by atoms with Crippen LogP contribution in [0.4, 0.5) is 0 Å². The van der Waals surface area contributed by atoms with E-state index in [0.717, 1.165) is 14.2 Å². The zero-order valence-electron chi connectivity index (χ0n) is 9.31. The molecular formula is C12H9BrCl3NS. The van der Waals surface area contributed by atoms with Gasteiger partial charge in [-0.15, -0.1) is 11.3 Å². The molecule has 6 heteroatoms. The Balaban J connectivity index is 2.52. The van der Waals surface area contributed by atoms with E-state index in [-0.39, 0.29) is 6.04 Å². The first-order valence-corrected chi connectivity index (χ1v) is 7.84. The van der Waals surface area contributed by atoms with Gasteiger partial charge in [-0.25, -0.2) is 0 Å². The van der Waals surface area contributed by atoms with Crippen LogP contribution >= 0.6 is 62.1 Å². The fourth-order valence-corrected chi connectivity index (χ4v) is 4.20. The number of thiophene rings is 1. The lowest BCUT2D eigenvalue weighted by Gasteiger charge is -2.18. The molecule has 1 unspecified atom stereocenters. The zero-order valence-corrected chi connectivity index (χ0v) is 14.0. The highest BCUT2D eigenvalue weighted by Crippen LogP contribution is 2.40. The highest BCUT2D eigenvalue weighted by atomic mass is 79.9. The quantitative estimate of drug-likeness (QED) is 0.706. The van der Waals surface area contributed by atoms with E-state index in [2.05, 4.69) is 21.2 Å². The molecule has 0 amide bonds. The molecule has 0 radical (unpaired) electrons. The highest BCUT2D eigenvalue weighted by Gasteiger charge is 2.21. The van der Waals surface area contributed by atoms with E-state index in [1.54, 1.807) is 11.3 Å². The van der Waals surface area contributed by atoms with Crippen LogP contribution in [0.5, 0.6) is 0 Å². The van der Waals surface area contributed by atoms with Gasteiger partial charge in [-0.05, 0) is 41.2 Å². The fourth-order valence-electron chi connectivity index (χ4n) is 1.72. The Morgan fingerprint density at radius 2 is 1.78 bits per heavy atom. The van der Waals surface area contributed by atoms with E-state index >= 15 is 0 Å². The molecule has 0 aliphatic carbocycles. The number of benzene rings is 1. The van der Waals surface area contributed by atoms with Gasteiger partial charge in [-0.1, -0.05) is 40.9 Å². The van der Waals surface area contributed by atoms with Crippen molar-refractivity contribution < 1.29 is 0 Å². The van der Waals surface area contributed by atoms with Crippen molar-refractivity contribution in [2.24, 2.45) is 0 Å². The average Bonchev–Trinajstić information content (AvgIpc) is 2.64. The molecule has 0 aliphatic heterocycles. The summed E-state index contributed by atoms with van der Waals surface area (Å²) in [6.07, 6.45) is 0. The normalized spacial score (nSPS) is 12.7. The molecule has 1 aromatic heterocycles. The van der Waals surface area contributed by atoms with Crippen LogP contribution in [0.1, 0.15) is 16.5 Å². The maximum atomic E-state index is 6.23. The van der Waals surface area contributed by atoms with Crippen molar-refractivity contribution >= 4 is 62.1 Å². The Bertz CT molecular complexity index is 531. The lowest BCUT2D eigenvalue weighted by molar-refractivity contribution is 0.704. The van der Waals surface area contributed by atoms with Gasteiger partial charge in [-0.2, -0.15) is 0 Å². The second kappa shape index (κ2) is 6.12. The van der Waals surface area contributed by atoms with Gasteiger partial charge in [0.1, 0.15) is 0 Å². The standard InChI is InChI=1S/C12H9BrCl3NS/c1-17-11(9-5-8(16)12(13)18-9)10-6(14)3-2-4-7(10)15/h2-5,11,17H,1H3. The molecule has 0 spiro atoms. The number of rotatable bonds is 3. The highest BCUT2D eigenvalue weighted by molar-refractivity contribution is 9.11. The van der Waals surface area contributed by atoms with Crippen molar-refractivity contribution in [1.29, 1.82) is 0 Å². The zero-order chi connectivity index (χ0) is 13.3. The molecule has 1 aromatic carbocycles. The lowest BCUT2D eigenvalue weighted by atomic mass is 10.1. The van der Waals surface area contributed by atoms with Gasteiger partial charge in [0.25, 0.3) is 0 Å². The molecule has 1 atom stereocenters. The number of hydrogen-bond acceptors (Lipinski definition) is 2. The predicted molar refractivity (Wildman–Crippen MR) is 84.4 cm³/mol. The van der Waals surface area contributed by atoms with Gasteiger partial charge in [0.2, 0.25) is 0 Å². The number of nitrogens with one attached hydrogen (secondary N) is 1. The molecule has 1 N–H and O–H groups in total. The Hall–Kier alpha value is 0.230. The predicted octanol–water partition coefficient (Wildman–Crippen LogP) is 5.78. The molecule has 1 heterocycles. The molecule has 0 aliphatic rings. The van der Waals surface area contributed by atoms with Crippen molar-refractivity contribution in [2.75, 3.05) is 7.05 Å². The second-order valence-corrected chi connectivity index (χ2v) is 7.25. The third-order valence-electron chi connectivity index (χ3n) is 2.53. The number of hydrogen-bond donors (Lipinski definition) is 1. The third kappa shape index (κ3) is 2.87.